The van der Waals surface area contributed by atoms with Gasteiger partial charge in [0, 0.05) is 6.07 Å². The Morgan fingerprint density at radius 2 is 2.05 bits per heavy atom. The first-order valence-corrected chi connectivity index (χ1v) is 6.55. The van der Waals surface area contributed by atoms with Crippen LogP contribution >= 0.6 is 15.9 Å². The Bertz CT molecular complexity index is 682. The molecule has 0 saturated carbocycles. The van der Waals surface area contributed by atoms with Crippen LogP contribution in [0.25, 0.3) is 0 Å². The van der Waals surface area contributed by atoms with E-state index in [1.165, 1.54) is 18.2 Å². The summed E-state index contributed by atoms with van der Waals surface area (Å²) in [4.78, 5) is 21.8. The molecule has 0 aliphatic heterocycles. The molecule has 110 valence electrons. The van der Waals surface area contributed by atoms with E-state index in [4.69, 9.17) is 15.2 Å². The number of nitrogen functional groups attached to an aromatic ring is 1. The van der Waals surface area contributed by atoms with Gasteiger partial charge in [-0.15, -0.1) is 4.98 Å². The maximum atomic E-state index is 10.9. The molecule has 0 aliphatic rings. The standard InChI is InChI=1S/C11H10BrN5O4/c1-2-20-10-14-9(13)15-11(16-10)21-7-5-3-4-6(8(7)12)17(18)19/h3-5H,2H2,1H3,(H2,13,14,15,16). The van der Waals surface area contributed by atoms with E-state index in [1.807, 2.05) is 0 Å². The average molecular weight is 356 g/mol. The molecule has 0 bridgehead atoms. The summed E-state index contributed by atoms with van der Waals surface area (Å²) >= 11 is 3.11. The van der Waals surface area contributed by atoms with E-state index in [9.17, 15) is 10.1 Å². The Kier molecular flexibility index (Phi) is 4.48. The van der Waals surface area contributed by atoms with Crippen molar-refractivity contribution in [3.8, 4) is 17.8 Å². The van der Waals surface area contributed by atoms with Crippen LogP contribution in [0, 0.1) is 10.1 Å². The molecule has 0 spiro atoms. The lowest BCUT2D eigenvalue weighted by atomic mass is 10.3. The molecule has 21 heavy (non-hydrogen) atoms. The van der Waals surface area contributed by atoms with Crippen LogP contribution in [0.5, 0.6) is 17.8 Å². The Balaban J connectivity index is 2.34. The number of aromatic nitrogens is 3. The van der Waals surface area contributed by atoms with Crippen molar-refractivity contribution in [2.75, 3.05) is 12.3 Å². The average Bonchev–Trinajstić information content (AvgIpc) is 2.40. The van der Waals surface area contributed by atoms with Crippen molar-refractivity contribution in [1.82, 2.24) is 15.0 Å². The Hall–Kier alpha value is -2.49. The number of halogens is 1. The van der Waals surface area contributed by atoms with Crippen molar-refractivity contribution in [3.05, 3.63) is 32.8 Å². The van der Waals surface area contributed by atoms with Gasteiger partial charge in [0.25, 0.3) is 5.69 Å². The van der Waals surface area contributed by atoms with Crippen LogP contribution in [0.15, 0.2) is 22.7 Å². The van der Waals surface area contributed by atoms with Gasteiger partial charge in [0.05, 0.1) is 11.5 Å². The van der Waals surface area contributed by atoms with E-state index in [-0.39, 0.29) is 33.9 Å². The Morgan fingerprint density at radius 1 is 1.33 bits per heavy atom. The highest BCUT2D eigenvalue weighted by Crippen LogP contribution is 2.35. The zero-order chi connectivity index (χ0) is 15.4. The highest BCUT2D eigenvalue weighted by Gasteiger charge is 2.17. The number of anilines is 1. The third kappa shape index (κ3) is 3.54. The number of nitro benzene ring substituents is 1. The molecule has 9 nitrogen and oxygen atoms in total. The van der Waals surface area contributed by atoms with Crippen molar-refractivity contribution in [2.45, 2.75) is 6.92 Å². The molecule has 0 amide bonds. The molecular weight excluding hydrogens is 346 g/mol. The molecule has 1 aromatic carbocycles. The van der Waals surface area contributed by atoms with Gasteiger partial charge >= 0.3 is 12.0 Å². The van der Waals surface area contributed by atoms with Gasteiger partial charge in [-0.25, -0.2) is 0 Å². The lowest BCUT2D eigenvalue weighted by Gasteiger charge is -2.07. The first-order valence-electron chi connectivity index (χ1n) is 5.76. The van der Waals surface area contributed by atoms with Crippen molar-refractivity contribution >= 4 is 27.6 Å². The molecule has 0 radical (unpaired) electrons. The molecule has 0 unspecified atom stereocenters. The Labute approximate surface area is 127 Å². The van der Waals surface area contributed by atoms with Gasteiger partial charge in [0.1, 0.15) is 4.47 Å². The molecule has 0 saturated heterocycles. The van der Waals surface area contributed by atoms with Crippen LogP contribution in [0.1, 0.15) is 6.92 Å². The van der Waals surface area contributed by atoms with Crippen LogP contribution in [-0.4, -0.2) is 26.5 Å². The second-order valence-electron chi connectivity index (χ2n) is 3.64. The lowest BCUT2D eigenvalue weighted by Crippen LogP contribution is -2.05. The molecule has 1 heterocycles. The zero-order valence-corrected chi connectivity index (χ0v) is 12.4. The first kappa shape index (κ1) is 14.9. The van der Waals surface area contributed by atoms with Crippen LogP contribution in [0.4, 0.5) is 11.6 Å². The fraction of sp³-hybridized carbons (Fsp3) is 0.182. The number of nitrogens with zero attached hydrogens (tertiary/aromatic N) is 4. The van der Waals surface area contributed by atoms with Gasteiger partial charge in [-0.2, -0.15) is 9.97 Å². The van der Waals surface area contributed by atoms with E-state index in [0.29, 0.717) is 6.61 Å². The van der Waals surface area contributed by atoms with Crippen LogP contribution in [-0.2, 0) is 0 Å². The molecule has 0 fully saturated rings. The van der Waals surface area contributed by atoms with Crippen LogP contribution < -0.4 is 15.2 Å². The number of benzene rings is 1. The highest BCUT2D eigenvalue weighted by atomic mass is 79.9. The van der Waals surface area contributed by atoms with E-state index in [1.54, 1.807) is 6.92 Å². The van der Waals surface area contributed by atoms with Gasteiger partial charge in [-0.05, 0) is 28.9 Å². The van der Waals surface area contributed by atoms with Crippen molar-refractivity contribution in [2.24, 2.45) is 0 Å². The summed E-state index contributed by atoms with van der Waals surface area (Å²) in [5.41, 5.74) is 5.38. The first-order chi connectivity index (χ1) is 10.0. The van der Waals surface area contributed by atoms with E-state index >= 15 is 0 Å². The summed E-state index contributed by atoms with van der Waals surface area (Å²) in [6, 6.07) is 4.24. The molecular formula is C11H10BrN5O4. The summed E-state index contributed by atoms with van der Waals surface area (Å²) < 4.78 is 10.7. The molecule has 10 heteroatoms. The molecule has 2 rings (SSSR count). The maximum Gasteiger partial charge on any atom is 0.330 e. The molecule has 0 atom stereocenters. The molecule has 0 aliphatic carbocycles. The van der Waals surface area contributed by atoms with Gasteiger partial charge in [-0.3, -0.25) is 10.1 Å². The quantitative estimate of drug-likeness (QED) is 0.639. The summed E-state index contributed by atoms with van der Waals surface area (Å²) in [6.07, 6.45) is 0. The van der Waals surface area contributed by atoms with E-state index < -0.39 is 4.92 Å². The largest absolute Gasteiger partial charge is 0.464 e. The van der Waals surface area contributed by atoms with Crippen molar-refractivity contribution in [1.29, 1.82) is 0 Å². The normalized spacial score (nSPS) is 10.2. The predicted molar refractivity (Wildman–Crippen MR) is 76.3 cm³/mol. The topological polar surface area (TPSA) is 126 Å². The summed E-state index contributed by atoms with van der Waals surface area (Å²) in [7, 11) is 0. The molecule has 2 aromatic rings. The maximum absolute atomic E-state index is 10.9. The minimum atomic E-state index is -0.537. The SMILES string of the molecule is CCOc1nc(N)nc(Oc2cccc([N+](=O)[O-])c2Br)n1. The monoisotopic (exact) mass is 355 g/mol. The lowest BCUT2D eigenvalue weighted by molar-refractivity contribution is -0.385. The van der Waals surface area contributed by atoms with Crippen LogP contribution in [0.3, 0.4) is 0 Å². The number of nitrogens with two attached hydrogens (primary N) is 1. The molecule has 1 aromatic heterocycles. The number of hydrogen-bond donors (Lipinski definition) is 1. The van der Waals surface area contributed by atoms with E-state index in [0.717, 1.165) is 0 Å². The minimum absolute atomic E-state index is 0.0153. The second kappa shape index (κ2) is 6.31. The van der Waals surface area contributed by atoms with Gasteiger partial charge < -0.3 is 15.2 Å². The fourth-order valence-corrected chi connectivity index (χ4v) is 1.90. The van der Waals surface area contributed by atoms with Crippen molar-refractivity contribution < 1.29 is 14.4 Å². The van der Waals surface area contributed by atoms with Gasteiger partial charge in [0.15, 0.2) is 5.75 Å². The third-order valence-corrected chi connectivity index (χ3v) is 3.02. The summed E-state index contributed by atoms with van der Waals surface area (Å²) in [6.45, 7) is 2.11. The molecule has 2 N–H and O–H groups in total. The summed E-state index contributed by atoms with van der Waals surface area (Å²) in [5.74, 6) is 0.0993. The third-order valence-electron chi connectivity index (χ3n) is 2.23. The van der Waals surface area contributed by atoms with Gasteiger partial charge in [0.2, 0.25) is 5.95 Å². The number of ether oxygens (including phenoxy) is 2. The van der Waals surface area contributed by atoms with Gasteiger partial charge in [-0.1, -0.05) is 6.07 Å². The fourth-order valence-electron chi connectivity index (χ4n) is 1.41. The summed E-state index contributed by atoms with van der Waals surface area (Å²) in [5, 5.41) is 10.9. The Morgan fingerprint density at radius 3 is 2.71 bits per heavy atom. The minimum Gasteiger partial charge on any atom is -0.464 e. The zero-order valence-electron chi connectivity index (χ0n) is 10.8. The number of hydrogen-bond acceptors (Lipinski definition) is 8. The highest BCUT2D eigenvalue weighted by molar-refractivity contribution is 9.10. The predicted octanol–water partition coefficient (Wildman–Crippen LogP) is 2.32. The number of rotatable bonds is 5. The van der Waals surface area contributed by atoms with Crippen molar-refractivity contribution in [3.63, 3.8) is 0 Å². The second-order valence-corrected chi connectivity index (χ2v) is 4.43. The number of nitro groups is 1. The smallest absolute Gasteiger partial charge is 0.330 e. The van der Waals surface area contributed by atoms with Crippen LogP contribution in [0.2, 0.25) is 0 Å². The van der Waals surface area contributed by atoms with E-state index in [2.05, 4.69) is 30.9 Å².